The van der Waals surface area contributed by atoms with E-state index < -0.39 is 0 Å². The summed E-state index contributed by atoms with van der Waals surface area (Å²) in [6.45, 7) is 4.45. The van der Waals surface area contributed by atoms with Crippen molar-refractivity contribution in [3.8, 4) is 0 Å². The maximum atomic E-state index is 13.1. The molecule has 0 unspecified atom stereocenters. The monoisotopic (exact) mass is 426 g/mol. The van der Waals surface area contributed by atoms with Crippen LogP contribution < -0.4 is 5.32 Å². The van der Waals surface area contributed by atoms with Crippen LogP contribution in [0.4, 0.5) is 9.93 Å². The molecule has 1 aromatic rings. The number of urea groups is 1. The Morgan fingerprint density at radius 2 is 1.82 bits per heavy atom. The van der Waals surface area contributed by atoms with Gasteiger partial charge in [0.1, 0.15) is 0 Å². The van der Waals surface area contributed by atoms with Gasteiger partial charge in [0.05, 0.1) is 12.4 Å². The molecule has 156 valence electrons. The van der Waals surface area contributed by atoms with Crippen LogP contribution >= 0.6 is 23.1 Å². The molecule has 1 N–H and O–H groups in total. The first-order valence-corrected chi connectivity index (χ1v) is 12.1. The molecule has 0 atom stereocenters. The highest BCUT2D eigenvalue weighted by Crippen LogP contribution is 2.34. The van der Waals surface area contributed by atoms with Gasteiger partial charge < -0.3 is 9.64 Å². The summed E-state index contributed by atoms with van der Waals surface area (Å²) in [5.41, 5.74) is 0. The number of thioether (sulfide) groups is 1. The fourth-order valence-corrected chi connectivity index (χ4v) is 5.67. The average Bonchev–Trinajstić information content (AvgIpc) is 3.34. The Kier molecular flexibility index (Phi) is 7.96. The lowest BCUT2D eigenvalue weighted by Crippen LogP contribution is -2.49. The van der Waals surface area contributed by atoms with E-state index in [2.05, 4.69) is 27.3 Å². The SMILES string of the molecule is CCOC(=O)CSc1nnc(NC(=O)N(C2CCCC2)C2CCC(C)CC2)s1. The molecule has 0 aliphatic heterocycles. The zero-order valence-electron chi connectivity index (χ0n) is 16.7. The van der Waals surface area contributed by atoms with Crippen molar-refractivity contribution in [2.75, 3.05) is 17.7 Å². The number of nitrogens with one attached hydrogen (secondary N) is 1. The molecule has 2 aliphatic rings. The second kappa shape index (κ2) is 10.4. The molecule has 0 aromatic carbocycles. The molecule has 0 spiro atoms. The molecule has 0 bridgehead atoms. The molecule has 2 fully saturated rings. The Morgan fingerprint density at radius 1 is 1.14 bits per heavy atom. The third-order valence-electron chi connectivity index (χ3n) is 5.57. The van der Waals surface area contributed by atoms with Crippen molar-refractivity contribution in [3.63, 3.8) is 0 Å². The third kappa shape index (κ3) is 5.83. The zero-order valence-corrected chi connectivity index (χ0v) is 18.3. The van der Waals surface area contributed by atoms with Gasteiger partial charge in [-0.15, -0.1) is 10.2 Å². The number of hydrogen-bond acceptors (Lipinski definition) is 7. The third-order valence-corrected chi connectivity index (χ3v) is 7.52. The van der Waals surface area contributed by atoms with Gasteiger partial charge in [-0.3, -0.25) is 10.1 Å². The fourth-order valence-electron chi connectivity index (χ4n) is 4.13. The second-order valence-corrected chi connectivity index (χ2v) is 9.86. The fraction of sp³-hybridized carbons (Fsp3) is 0.789. The van der Waals surface area contributed by atoms with Crippen molar-refractivity contribution in [1.82, 2.24) is 15.1 Å². The van der Waals surface area contributed by atoms with E-state index in [0.717, 1.165) is 31.6 Å². The van der Waals surface area contributed by atoms with Crippen LogP contribution in [-0.2, 0) is 9.53 Å². The molecule has 1 heterocycles. The van der Waals surface area contributed by atoms with Gasteiger partial charge in [-0.05, 0) is 51.4 Å². The van der Waals surface area contributed by atoms with Crippen molar-refractivity contribution in [2.45, 2.75) is 81.6 Å². The summed E-state index contributed by atoms with van der Waals surface area (Å²) >= 11 is 2.59. The van der Waals surface area contributed by atoms with E-state index in [9.17, 15) is 9.59 Å². The summed E-state index contributed by atoms with van der Waals surface area (Å²) in [5, 5.41) is 11.6. The van der Waals surface area contributed by atoms with Gasteiger partial charge in [-0.1, -0.05) is 42.9 Å². The summed E-state index contributed by atoms with van der Waals surface area (Å²) < 4.78 is 5.57. The first-order chi connectivity index (χ1) is 13.6. The van der Waals surface area contributed by atoms with Gasteiger partial charge in [0, 0.05) is 12.1 Å². The summed E-state index contributed by atoms with van der Waals surface area (Å²) in [5.74, 6) is 0.685. The van der Waals surface area contributed by atoms with E-state index in [-0.39, 0.29) is 17.8 Å². The van der Waals surface area contributed by atoms with E-state index in [1.165, 1.54) is 48.8 Å². The number of nitrogens with zero attached hydrogens (tertiary/aromatic N) is 3. The Labute approximate surface area is 175 Å². The standard InChI is InChI=1S/C19H30N4O3S2/c1-3-26-16(24)12-27-19-22-21-17(28-19)20-18(25)23(14-6-4-5-7-14)15-10-8-13(2)9-11-15/h13-15H,3-12H2,1-2H3,(H,20,21,25). The number of anilines is 1. The Morgan fingerprint density at radius 3 is 2.50 bits per heavy atom. The molecule has 1 aromatic heterocycles. The number of carbonyl (C=O) groups excluding carboxylic acids is 2. The molecule has 0 radical (unpaired) electrons. The van der Waals surface area contributed by atoms with Crippen molar-refractivity contribution in [2.24, 2.45) is 5.92 Å². The first kappa shape index (κ1) is 21.4. The zero-order chi connectivity index (χ0) is 19.9. The van der Waals surface area contributed by atoms with Crippen LogP contribution in [0.25, 0.3) is 0 Å². The Hall–Kier alpha value is -1.35. The number of aromatic nitrogens is 2. The topological polar surface area (TPSA) is 84.4 Å². The summed E-state index contributed by atoms with van der Waals surface area (Å²) in [6.07, 6.45) is 9.13. The predicted octanol–water partition coefficient (Wildman–Crippen LogP) is 4.55. The Balaban J connectivity index is 1.59. The molecular weight excluding hydrogens is 396 g/mol. The quantitative estimate of drug-likeness (QED) is 0.391. The summed E-state index contributed by atoms with van der Waals surface area (Å²) in [6, 6.07) is 0.610. The van der Waals surface area contributed by atoms with E-state index in [1.807, 2.05) is 0 Å². The van der Waals surface area contributed by atoms with Crippen LogP contribution in [0, 0.1) is 5.92 Å². The van der Waals surface area contributed by atoms with Crippen molar-refractivity contribution >= 4 is 40.2 Å². The van der Waals surface area contributed by atoms with Gasteiger partial charge in [-0.25, -0.2) is 4.79 Å². The van der Waals surface area contributed by atoms with Crippen LogP contribution in [0.1, 0.15) is 65.2 Å². The minimum absolute atomic E-state index is 0.0513. The van der Waals surface area contributed by atoms with Gasteiger partial charge >= 0.3 is 12.0 Å². The predicted molar refractivity (Wildman–Crippen MR) is 112 cm³/mol. The van der Waals surface area contributed by atoms with Crippen molar-refractivity contribution < 1.29 is 14.3 Å². The van der Waals surface area contributed by atoms with Crippen LogP contribution in [0.2, 0.25) is 0 Å². The lowest BCUT2D eigenvalue weighted by molar-refractivity contribution is -0.139. The number of ether oxygens (including phenoxy) is 1. The molecule has 0 saturated heterocycles. The largest absolute Gasteiger partial charge is 0.465 e. The van der Waals surface area contributed by atoms with Crippen molar-refractivity contribution in [3.05, 3.63) is 0 Å². The van der Waals surface area contributed by atoms with Gasteiger partial charge in [0.25, 0.3) is 0 Å². The molecule has 2 saturated carbocycles. The number of carbonyl (C=O) groups is 2. The molecule has 2 amide bonds. The van der Waals surface area contributed by atoms with Crippen LogP contribution in [0.15, 0.2) is 4.34 Å². The average molecular weight is 427 g/mol. The first-order valence-electron chi connectivity index (χ1n) is 10.3. The van der Waals surface area contributed by atoms with E-state index in [4.69, 9.17) is 4.74 Å². The highest BCUT2D eigenvalue weighted by atomic mass is 32.2. The summed E-state index contributed by atoms with van der Waals surface area (Å²) in [4.78, 5) is 26.7. The van der Waals surface area contributed by atoms with Gasteiger partial charge in [0.15, 0.2) is 4.34 Å². The van der Waals surface area contributed by atoms with Crippen LogP contribution in [-0.4, -0.2) is 51.5 Å². The smallest absolute Gasteiger partial charge is 0.324 e. The highest BCUT2D eigenvalue weighted by molar-refractivity contribution is 8.01. The van der Waals surface area contributed by atoms with Crippen LogP contribution in [0.3, 0.4) is 0 Å². The van der Waals surface area contributed by atoms with Crippen molar-refractivity contribution in [1.29, 1.82) is 0 Å². The Bertz CT molecular complexity index is 655. The van der Waals surface area contributed by atoms with Gasteiger partial charge in [-0.2, -0.15) is 0 Å². The minimum Gasteiger partial charge on any atom is -0.465 e. The van der Waals surface area contributed by atoms with E-state index in [1.54, 1.807) is 6.92 Å². The number of hydrogen-bond donors (Lipinski definition) is 1. The molecule has 28 heavy (non-hydrogen) atoms. The molecule has 2 aliphatic carbocycles. The normalized spacial score (nSPS) is 22.8. The number of esters is 1. The molecule has 7 nitrogen and oxygen atoms in total. The minimum atomic E-state index is -0.271. The molecule has 3 rings (SSSR count). The van der Waals surface area contributed by atoms with Gasteiger partial charge in [0.2, 0.25) is 5.13 Å². The number of amides is 2. The molecule has 9 heteroatoms. The van der Waals surface area contributed by atoms with E-state index >= 15 is 0 Å². The van der Waals surface area contributed by atoms with E-state index in [0.29, 0.717) is 28.2 Å². The summed E-state index contributed by atoms with van der Waals surface area (Å²) in [7, 11) is 0. The highest BCUT2D eigenvalue weighted by Gasteiger charge is 2.34. The maximum absolute atomic E-state index is 13.1. The number of rotatable bonds is 7. The lowest BCUT2D eigenvalue weighted by atomic mass is 9.86. The second-order valence-electron chi connectivity index (χ2n) is 7.66. The maximum Gasteiger partial charge on any atom is 0.324 e. The lowest BCUT2D eigenvalue weighted by Gasteiger charge is -2.39. The van der Waals surface area contributed by atoms with Crippen LogP contribution in [0.5, 0.6) is 0 Å². The molecular formula is C19H30N4O3S2.